The molecule has 0 spiro atoms. The minimum absolute atomic E-state index is 0.0465. The first-order valence-corrected chi connectivity index (χ1v) is 14.0. The van der Waals surface area contributed by atoms with E-state index in [0.29, 0.717) is 19.1 Å². The summed E-state index contributed by atoms with van der Waals surface area (Å²) in [5.41, 5.74) is 6.00. The third-order valence-corrected chi connectivity index (χ3v) is 6.39. The van der Waals surface area contributed by atoms with Gasteiger partial charge in [-0.2, -0.15) is 0 Å². The largest absolute Gasteiger partial charge is 0.481 e. The van der Waals surface area contributed by atoms with Crippen LogP contribution < -0.4 is 27.0 Å². The molecule has 1 aromatic carbocycles. The summed E-state index contributed by atoms with van der Waals surface area (Å²) >= 11 is 0. The molecule has 16 nitrogen and oxygen atoms in total. The van der Waals surface area contributed by atoms with Gasteiger partial charge in [-0.1, -0.05) is 31.9 Å². The van der Waals surface area contributed by atoms with Crippen molar-refractivity contribution in [3.63, 3.8) is 0 Å². The second-order valence-corrected chi connectivity index (χ2v) is 9.93. The zero-order valence-electron chi connectivity index (χ0n) is 24.2. The molecule has 1 aromatic rings. The number of rotatable bonds is 21. The first kappa shape index (κ1) is 37.0. The van der Waals surface area contributed by atoms with Gasteiger partial charge in [0.2, 0.25) is 17.7 Å². The van der Waals surface area contributed by atoms with Crippen LogP contribution in [-0.4, -0.2) is 87.3 Å². The standard InChI is InChI=1S/C28H39N5O11/c1-2-3-8-19(27(43)33-20(10-13-23(37)38)26(42)30-16(15-34)9-12-22(35)36)32-28(44)21(11-14-24(39)40)31-25(41)17-6-4-5-7-18(17)29/h4-7,15-16,19-21H,2-3,8-14,29H2,1H3,(H,30,42)(H,31,41)(H,32,44)(H,33,43)(H,35,36)(H,37,38)(H,39,40)/t16-,19-,20-,21-/m0/s1. The van der Waals surface area contributed by atoms with Crippen molar-refractivity contribution >= 4 is 53.5 Å². The van der Waals surface area contributed by atoms with Gasteiger partial charge in [-0.25, -0.2) is 0 Å². The molecule has 4 amide bonds. The molecule has 4 atom stereocenters. The van der Waals surface area contributed by atoms with E-state index in [9.17, 15) is 38.4 Å². The van der Waals surface area contributed by atoms with Crippen LogP contribution in [0.15, 0.2) is 24.3 Å². The molecule has 16 heteroatoms. The molecule has 0 aliphatic carbocycles. The number of nitrogens with one attached hydrogen (secondary N) is 4. The number of aliphatic carboxylic acids is 3. The number of unbranched alkanes of at least 4 members (excludes halogenated alkanes) is 1. The summed E-state index contributed by atoms with van der Waals surface area (Å²) in [6.07, 6.45) is -1.01. The van der Waals surface area contributed by atoms with E-state index >= 15 is 0 Å². The monoisotopic (exact) mass is 621 g/mol. The lowest BCUT2D eigenvalue weighted by Crippen LogP contribution is -2.57. The minimum Gasteiger partial charge on any atom is -0.481 e. The van der Waals surface area contributed by atoms with Crippen LogP contribution in [0.1, 0.15) is 75.1 Å². The predicted octanol–water partition coefficient (Wildman–Crippen LogP) is -0.195. The summed E-state index contributed by atoms with van der Waals surface area (Å²) in [6.45, 7) is 1.82. The lowest BCUT2D eigenvalue weighted by Gasteiger charge is -2.26. The summed E-state index contributed by atoms with van der Waals surface area (Å²) in [4.78, 5) is 96.8. The molecule has 9 N–H and O–H groups in total. The number of amides is 4. The molecule has 0 saturated carbocycles. The molecule has 1 rings (SSSR count). The van der Waals surface area contributed by atoms with Crippen LogP contribution in [0.25, 0.3) is 0 Å². The molecule has 0 aromatic heterocycles. The molecule has 0 aliphatic rings. The number of anilines is 1. The molecule has 242 valence electrons. The molecule has 0 unspecified atom stereocenters. The topological polar surface area (TPSA) is 271 Å². The SMILES string of the molecule is CCCC[C@H](NC(=O)[C@H](CCC(=O)O)NC(=O)c1ccccc1N)C(=O)N[C@@H](CCC(=O)O)C(=O)N[C@H](C=O)CCC(=O)O. The fourth-order valence-electron chi connectivity index (χ4n) is 3.97. The summed E-state index contributed by atoms with van der Waals surface area (Å²) in [5.74, 6) is -7.16. The van der Waals surface area contributed by atoms with Gasteiger partial charge < -0.3 is 47.1 Å². The molecule has 0 radical (unpaired) electrons. The highest BCUT2D eigenvalue weighted by atomic mass is 16.4. The van der Waals surface area contributed by atoms with Crippen molar-refractivity contribution in [2.24, 2.45) is 0 Å². The number of para-hydroxylation sites is 1. The average molecular weight is 622 g/mol. The van der Waals surface area contributed by atoms with Gasteiger partial charge in [0.1, 0.15) is 24.4 Å². The molecule has 0 aliphatic heterocycles. The third-order valence-electron chi connectivity index (χ3n) is 6.39. The zero-order chi connectivity index (χ0) is 33.2. The van der Waals surface area contributed by atoms with Crippen LogP contribution >= 0.6 is 0 Å². The molecule has 0 heterocycles. The second kappa shape index (κ2) is 19.2. The maximum atomic E-state index is 13.3. The van der Waals surface area contributed by atoms with Gasteiger partial charge in [0.05, 0.1) is 11.6 Å². The number of aldehydes is 1. The van der Waals surface area contributed by atoms with E-state index < -0.39 is 85.0 Å². The van der Waals surface area contributed by atoms with Crippen molar-refractivity contribution in [2.75, 3.05) is 5.73 Å². The summed E-state index contributed by atoms with van der Waals surface area (Å²) < 4.78 is 0. The number of hydrogen-bond acceptors (Lipinski definition) is 9. The Morgan fingerprint density at radius 2 is 1.16 bits per heavy atom. The fourth-order valence-corrected chi connectivity index (χ4v) is 3.97. The number of nitrogens with two attached hydrogens (primary N) is 1. The number of hydrogen-bond donors (Lipinski definition) is 8. The molecular weight excluding hydrogens is 582 g/mol. The van der Waals surface area contributed by atoms with Gasteiger partial charge in [-0.15, -0.1) is 0 Å². The number of nitrogen functional groups attached to an aromatic ring is 1. The van der Waals surface area contributed by atoms with Crippen LogP contribution in [0.3, 0.4) is 0 Å². The van der Waals surface area contributed by atoms with Crippen molar-refractivity contribution in [1.29, 1.82) is 0 Å². The Bertz CT molecular complexity index is 1210. The van der Waals surface area contributed by atoms with Crippen molar-refractivity contribution in [1.82, 2.24) is 21.3 Å². The Morgan fingerprint density at radius 1 is 0.705 bits per heavy atom. The Hall–Kier alpha value is -5.02. The maximum Gasteiger partial charge on any atom is 0.303 e. The van der Waals surface area contributed by atoms with Crippen molar-refractivity contribution in [3.05, 3.63) is 29.8 Å². The molecular formula is C28H39N5O11. The highest BCUT2D eigenvalue weighted by Crippen LogP contribution is 2.12. The van der Waals surface area contributed by atoms with Crippen LogP contribution in [0, 0.1) is 0 Å². The average Bonchev–Trinajstić information content (AvgIpc) is 2.96. The van der Waals surface area contributed by atoms with E-state index in [1.165, 1.54) is 12.1 Å². The highest BCUT2D eigenvalue weighted by molar-refractivity contribution is 6.02. The molecule has 0 bridgehead atoms. The van der Waals surface area contributed by atoms with E-state index in [1.54, 1.807) is 12.1 Å². The second-order valence-electron chi connectivity index (χ2n) is 9.93. The molecule has 0 fully saturated rings. The van der Waals surface area contributed by atoms with Crippen molar-refractivity contribution in [3.8, 4) is 0 Å². The first-order valence-electron chi connectivity index (χ1n) is 14.0. The Kier molecular flexibility index (Phi) is 16.2. The van der Waals surface area contributed by atoms with E-state index in [4.69, 9.17) is 21.1 Å². The van der Waals surface area contributed by atoms with E-state index in [-0.39, 0.29) is 36.9 Å². The first-order chi connectivity index (χ1) is 20.8. The van der Waals surface area contributed by atoms with Gasteiger partial charge in [-0.3, -0.25) is 33.6 Å². The van der Waals surface area contributed by atoms with E-state index in [2.05, 4.69) is 21.3 Å². The lowest BCUT2D eigenvalue weighted by atomic mass is 10.0. The predicted molar refractivity (Wildman–Crippen MR) is 154 cm³/mol. The number of carboxylic acid groups (broad SMARTS) is 3. The maximum absolute atomic E-state index is 13.3. The van der Waals surface area contributed by atoms with Crippen LogP contribution in [0.4, 0.5) is 5.69 Å². The van der Waals surface area contributed by atoms with Gasteiger partial charge >= 0.3 is 17.9 Å². The van der Waals surface area contributed by atoms with Gasteiger partial charge in [0.15, 0.2) is 0 Å². The Balaban J connectivity index is 3.16. The van der Waals surface area contributed by atoms with Crippen LogP contribution in [0.5, 0.6) is 0 Å². The highest BCUT2D eigenvalue weighted by Gasteiger charge is 2.31. The van der Waals surface area contributed by atoms with E-state index in [1.807, 2.05) is 6.92 Å². The normalized spacial score (nSPS) is 13.3. The number of carbonyl (C=O) groups is 8. The van der Waals surface area contributed by atoms with Gasteiger partial charge in [0, 0.05) is 24.9 Å². The quantitative estimate of drug-likeness (QED) is 0.0655. The fraction of sp³-hybridized carbons (Fsp3) is 0.500. The van der Waals surface area contributed by atoms with Crippen molar-refractivity contribution in [2.45, 2.75) is 88.9 Å². The van der Waals surface area contributed by atoms with Crippen LogP contribution in [0.2, 0.25) is 0 Å². The summed E-state index contributed by atoms with van der Waals surface area (Å²) in [5, 5.41) is 36.7. The van der Waals surface area contributed by atoms with E-state index in [0.717, 1.165) is 0 Å². The molecule has 44 heavy (non-hydrogen) atoms. The third kappa shape index (κ3) is 13.8. The number of benzene rings is 1. The zero-order valence-corrected chi connectivity index (χ0v) is 24.2. The van der Waals surface area contributed by atoms with Crippen LogP contribution in [-0.2, 0) is 33.6 Å². The molecule has 0 saturated heterocycles. The van der Waals surface area contributed by atoms with Gasteiger partial charge in [0.25, 0.3) is 5.91 Å². The summed E-state index contributed by atoms with van der Waals surface area (Å²) in [6, 6.07) is 0.678. The van der Waals surface area contributed by atoms with Gasteiger partial charge in [-0.05, 0) is 37.8 Å². The number of carboxylic acids is 3. The minimum atomic E-state index is -1.46. The van der Waals surface area contributed by atoms with Crippen molar-refractivity contribution < 1.29 is 53.7 Å². The smallest absolute Gasteiger partial charge is 0.303 e. The lowest BCUT2D eigenvalue weighted by molar-refractivity contribution is -0.139. The Morgan fingerprint density at radius 3 is 1.64 bits per heavy atom. The Labute approximate surface area is 253 Å². The number of carbonyl (C=O) groups excluding carboxylic acids is 5. The summed E-state index contributed by atoms with van der Waals surface area (Å²) in [7, 11) is 0.